The van der Waals surface area contributed by atoms with Crippen LogP contribution in [-0.2, 0) is 43.6 Å². The predicted octanol–water partition coefficient (Wildman–Crippen LogP) is 5.65. The van der Waals surface area contributed by atoms with Gasteiger partial charge in [-0.05, 0) is 38.7 Å². The molecule has 34 heavy (non-hydrogen) atoms. The second-order valence-corrected chi connectivity index (χ2v) is 8.46. The van der Waals surface area contributed by atoms with E-state index in [0.29, 0.717) is 6.29 Å². The molecule has 0 aliphatic heterocycles. The molecule has 3 aromatic carbocycles. The van der Waals surface area contributed by atoms with Crippen LogP contribution in [0.2, 0.25) is 0 Å². The predicted molar refractivity (Wildman–Crippen MR) is 132 cm³/mol. The Morgan fingerprint density at radius 3 is 1.59 bits per heavy atom. The number of aldehydes is 1. The zero-order valence-corrected chi connectivity index (χ0v) is 19.9. The number of ether oxygens (including phenoxy) is 3. The Kier molecular flexibility index (Phi) is 7.85. The van der Waals surface area contributed by atoms with Crippen molar-refractivity contribution in [3.63, 3.8) is 0 Å². The average Bonchev–Trinajstić information content (AvgIpc) is 2.90. The van der Waals surface area contributed by atoms with Crippen LogP contribution in [0.5, 0.6) is 0 Å². The smallest absolute Gasteiger partial charge is 0.295 e. The fourth-order valence-corrected chi connectivity index (χ4v) is 3.95. The summed E-state index contributed by atoms with van der Waals surface area (Å²) in [6.07, 6.45) is 2.10. The molecule has 0 saturated carbocycles. The van der Waals surface area contributed by atoms with E-state index in [4.69, 9.17) is 14.2 Å². The van der Waals surface area contributed by atoms with Crippen LogP contribution in [0, 0.1) is 0 Å². The second-order valence-electron chi connectivity index (χ2n) is 7.66. The molecule has 0 bridgehead atoms. The van der Waals surface area contributed by atoms with Crippen LogP contribution in [0.1, 0.15) is 16.7 Å². The maximum absolute atomic E-state index is 13.6. The normalized spacial score (nSPS) is 15.1. The Balaban J connectivity index is 1.70. The molecule has 4 rings (SSSR count). The topological polar surface area (TPSA) is 61.8 Å². The van der Waals surface area contributed by atoms with Crippen LogP contribution in [-0.4, -0.2) is 17.9 Å². The van der Waals surface area contributed by atoms with Gasteiger partial charge in [-0.1, -0.05) is 91.0 Å². The van der Waals surface area contributed by atoms with E-state index in [1.54, 1.807) is 0 Å². The fraction of sp³-hybridized carbons (Fsp3) is 0.143. The molecule has 3 aromatic rings. The fourth-order valence-electron chi connectivity index (χ4n) is 3.48. The molecule has 0 saturated heterocycles. The summed E-state index contributed by atoms with van der Waals surface area (Å²) in [5.74, 6) is -2.28. The largest absolute Gasteiger partial charge is 0.487 e. The van der Waals surface area contributed by atoms with Gasteiger partial charge < -0.3 is 14.2 Å². The Morgan fingerprint density at radius 1 is 0.706 bits per heavy atom. The highest BCUT2D eigenvalue weighted by Gasteiger charge is 2.51. The zero-order valence-electron chi connectivity index (χ0n) is 18.4. The molecule has 0 atom stereocenters. The molecular formula is C28H23BrO5. The van der Waals surface area contributed by atoms with Crippen LogP contribution >= 0.6 is 15.9 Å². The molecule has 0 unspecified atom stereocenters. The van der Waals surface area contributed by atoms with Crippen LogP contribution in [0.3, 0.4) is 0 Å². The van der Waals surface area contributed by atoms with Gasteiger partial charge in [0, 0.05) is 5.57 Å². The van der Waals surface area contributed by atoms with Crippen molar-refractivity contribution >= 4 is 28.0 Å². The first kappa shape index (κ1) is 23.8. The van der Waals surface area contributed by atoms with Crippen molar-refractivity contribution in [3.8, 4) is 0 Å². The molecule has 0 spiro atoms. The SMILES string of the molecule is O=CC1=C(Br)C(=O)C(OCc2ccccc2)(OCc2ccccc2)C(OCc2ccccc2)=C1. The molecule has 0 radical (unpaired) electrons. The van der Waals surface area contributed by atoms with Gasteiger partial charge >= 0.3 is 0 Å². The van der Waals surface area contributed by atoms with Crippen LogP contribution in [0.4, 0.5) is 0 Å². The quantitative estimate of drug-likeness (QED) is 0.256. The molecule has 0 fully saturated rings. The highest BCUT2D eigenvalue weighted by atomic mass is 79.9. The Morgan fingerprint density at radius 2 is 1.15 bits per heavy atom. The highest BCUT2D eigenvalue weighted by molar-refractivity contribution is 9.12. The Labute approximate surface area is 206 Å². The van der Waals surface area contributed by atoms with E-state index in [9.17, 15) is 9.59 Å². The minimum atomic E-state index is -1.87. The number of Topliss-reactive ketones (excluding diaryl/α,β-unsaturated/α-hetero) is 1. The lowest BCUT2D eigenvalue weighted by Gasteiger charge is -2.36. The van der Waals surface area contributed by atoms with Crippen molar-refractivity contribution in [1.82, 2.24) is 0 Å². The molecule has 5 nitrogen and oxygen atoms in total. The van der Waals surface area contributed by atoms with Gasteiger partial charge in [0.1, 0.15) is 6.61 Å². The van der Waals surface area contributed by atoms with Crippen LogP contribution in [0.25, 0.3) is 0 Å². The summed E-state index contributed by atoms with van der Waals surface area (Å²) in [6.45, 7) is 0.378. The first-order valence-corrected chi connectivity index (χ1v) is 11.6. The number of halogens is 1. The van der Waals surface area contributed by atoms with Gasteiger partial charge in [-0.2, -0.15) is 0 Å². The molecule has 172 valence electrons. The van der Waals surface area contributed by atoms with Crippen molar-refractivity contribution in [3.05, 3.63) is 130 Å². The van der Waals surface area contributed by atoms with Gasteiger partial charge in [0.25, 0.3) is 5.79 Å². The molecule has 0 aromatic heterocycles. The first-order chi connectivity index (χ1) is 16.6. The minimum absolute atomic E-state index is 0.0793. The van der Waals surface area contributed by atoms with E-state index < -0.39 is 11.6 Å². The van der Waals surface area contributed by atoms with E-state index in [0.717, 1.165) is 16.7 Å². The van der Waals surface area contributed by atoms with Crippen molar-refractivity contribution in [2.24, 2.45) is 0 Å². The summed E-state index contributed by atoms with van der Waals surface area (Å²) < 4.78 is 18.6. The van der Waals surface area contributed by atoms with E-state index in [2.05, 4.69) is 15.9 Å². The number of hydrogen-bond acceptors (Lipinski definition) is 5. The molecule has 0 amide bonds. The van der Waals surface area contributed by atoms with Gasteiger partial charge in [0.15, 0.2) is 12.0 Å². The summed E-state index contributed by atoms with van der Waals surface area (Å²) in [7, 11) is 0. The number of benzene rings is 3. The number of carbonyl (C=O) groups excluding carboxylic acids is 2. The first-order valence-electron chi connectivity index (χ1n) is 10.8. The van der Waals surface area contributed by atoms with E-state index >= 15 is 0 Å². The van der Waals surface area contributed by atoms with E-state index in [-0.39, 0.29) is 35.6 Å². The summed E-state index contributed by atoms with van der Waals surface area (Å²) in [6, 6.07) is 28.5. The van der Waals surface area contributed by atoms with Crippen LogP contribution < -0.4 is 0 Å². The van der Waals surface area contributed by atoms with Gasteiger partial charge in [-0.3, -0.25) is 9.59 Å². The lowest BCUT2D eigenvalue weighted by molar-refractivity contribution is -0.233. The summed E-state index contributed by atoms with van der Waals surface area (Å²) in [4.78, 5) is 25.3. The van der Waals surface area contributed by atoms with Gasteiger partial charge in [-0.15, -0.1) is 0 Å². The molecule has 1 aliphatic rings. The Bertz CT molecular complexity index is 1140. The van der Waals surface area contributed by atoms with E-state index in [1.807, 2.05) is 91.0 Å². The zero-order chi connectivity index (χ0) is 23.8. The van der Waals surface area contributed by atoms with Gasteiger partial charge in [-0.25, -0.2) is 0 Å². The van der Waals surface area contributed by atoms with Gasteiger partial charge in [0.2, 0.25) is 5.78 Å². The maximum Gasteiger partial charge on any atom is 0.295 e. The van der Waals surface area contributed by atoms with Crippen molar-refractivity contribution < 1.29 is 23.8 Å². The molecular weight excluding hydrogens is 496 g/mol. The third-order valence-corrected chi connectivity index (χ3v) is 6.11. The third kappa shape index (κ3) is 5.42. The standard InChI is InChI=1S/C28H23BrO5/c29-26-24(17-30)16-25(32-18-21-10-4-1-5-11-21)28(27(26)31,33-19-22-12-6-2-7-13-22)34-20-23-14-8-3-9-15-23/h1-17H,18-20H2. The highest BCUT2D eigenvalue weighted by Crippen LogP contribution is 2.38. The summed E-state index contributed by atoms with van der Waals surface area (Å²) in [5, 5.41) is 0. The number of carbonyl (C=O) groups is 2. The average molecular weight is 519 g/mol. The monoisotopic (exact) mass is 518 g/mol. The van der Waals surface area contributed by atoms with Crippen molar-refractivity contribution in [2.75, 3.05) is 0 Å². The number of hydrogen-bond donors (Lipinski definition) is 0. The number of rotatable bonds is 10. The molecule has 0 N–H and O–H groups in total. The van der Waals surface area contributed by atoms with Gasteiger partial charge in [0.05, 0.1) is 17.7 Å². The number of allylic oxidation sites excluding steroid dienone is 2. The van der Waals surface area contributed by atoms with Crippen LogP contribution in [0.15, 0.2) is 113 Å². The summed E-state index contributed by atoms with van der Waals surface area (Å²) in [5.41, 5.74) is 2.79. The Hall–Kier alpha value is -3.32. The lowest BCUT2D eigenvalue weighted by atomic mass is 9.98. The molecule has 6 heteroatoms. The van der Waals surface area contributed by atoms with Crippen molar-refractivity contribution in [2.45, 2.75) is 25.6 Å². The second kappa shape index (κ2) is 11.2. The van der Waals surface area contributed by atoms with E-state index in [1.165, 1.54) is 6.08 Å². The maximum atomic E-state index is 13.6. The molecule has 0 heterocycles. The summed E-state index contributed by atoms with van der Waals surface area (Å²) >= 11 is 3.27. The lowest BCUT2D eigenvalue weighted by Crippen LogP contribution is -2.49. The third-order valence-electron chi connectivity index (χ3n) is 5.30. The number of ketones is 1. The molecule has 1 aliphatic carbocycles. The minimum Gasteiger partial charge on any atom is -0.487 e. The van der Waals surface area contributed by atoms with Crippen molar-refractivity contribution in [1.29, 1.82) is 0 Å².